The molecule has 1 heterocycles. The molecular weight excluding hydrogens is 203 g/mol. The van der Waals surface area contributed by atoms with Gasteiger partial charge in [0.05, 0.1) is 4.92 Å². The Kier molecular flexibility index (Phi) is 1.96. The highest BCUT2D eigenvalue weighted by Gasteiger charge is 2.13. The van der Waals surface area contributed by atoms with Crippen LogP contribution in [0, 0.1) is 15.9 Å². The van der Waals surface area contributed by atoms with E-state index in [2.05, 4.69) is 4.98 Å². The third kappa shape index (κ3) is 1.45. The lowest BCUT2D eigenvalue weighted by Gasteiger charge is -1.98. The third-order valence-corrected chi connectivity index (χ3v) is 2.01. The number of para-hydroxylation sites is 1. The second-order valence-electron chi connectivity index (χ2n) is 2.94. The minimum Gasteiger partial charge on any atom is -0.314 e. The van der Waals surface area contributed by atoms with E-state index in [1.165, 1.54) is 18.2 Å². The number of nitro groups is 1. The summed E-state index contributed by atoms with van der Waals surface area (Å²) in [5.41, 5.74) is -1.17. The predicted molar refractivity (Wildman–Crippen MR) is 51.2 cm³/mol. The normalized spacial score (nSPS) is 10.5. The van der Waals surface area contributed by atoms with E-state index in [9.17, 15) is 19.3 Å². The molecule has 2 aromatic rings. The van der Waals surface area contributed by atoms with Gasteiger partial charge in [-0.1, -0.05) is 12.1 Å². The van der Waals surface area contributed by atoms with Gasteiger partial charge in [-0.2, -0.15) is 0 Å². The first kappa shape index (κ1) is 9.32. The van der Waals surface area contributed by atoms with E-state index < -0.39 is 16.3 Å². The monoisotopic (exact) mass is 208 g/mol. The molecule has 0 radical (unpaired) electrons. The zero-order valence-electron chi connectivity index (χ0n) is 7.36. The fourth-order valence-electron chi connectivity index (χ4n) is 1.34. The van der Waals surface area contributed by atoms with Crippen LogP contribution in [0.2, 0.25) is 0 Å². The Hall–Kier alpha value is -2.24. The molecule has 76 valence electrons. The number of hydrogen-bond acceptors (Lipinski definition) is 3. The van der Waals surface area contributed by atoms with Crippen molar-refractivity contribution in [2.45, 2.75) is 0 Å². The largest absolute Gasteiger partial charge is 0.314 e. The Labute approximate surface area is 82.3 Å². The van der Waals surface area contributed by atoms with E-state index in [0.717, 1.165) is 6.07 Å². The topological polar surface area (TPSA) is 76.0 Å². The Balaban J connectivity index is 2.92. The molecule has 1 aromatic carbocycles. The molecule has 0 aliphatic heterocycles. The molecule has 6 heteroatoms. The average molecular weight is 208 g/mol. The molecule has 2 rings (SSSR count). The van der Waals surface area contributed by atoms with Crippen LogP contribution in [0.4, 0.5) is 10.1 Å². The van der Waals surface area contributed by atoms with Crippen LogP contribution in [-0.2, 0) is 0 Å². The highest BCUT2D eigenvalue weighted by atomic mass is 19.1. The molecule has 0 aliphatic carbocycles. The van der Waals surface area contributed by atoms with Crippen molar-refractivity contribution < 1.29 is 9.31 Å². The van der Waals surface area contributed by atoms with Crippen LogP contribution >= 0.6 is 0 Å². The maximum Gasteiger partial charge on any atom is 0.293 e. The Morgan fingerprint density at radius 1 is 1.40 bits per heavy atom. The number of aromatic amines is 1. The number of nitro benzene ring substituents is 1. The van der Waals surface area contributed by atoms with Crippen molar-refractivity contribution in [1.29, 1.82) is 0 Å². The summed E-state index contributed by atoms with van der Waals surface area (Å²) in [5.74, 6) is -0.956. The second kappa shape index (κ2) is 3.16. The molecule has 0 amide bonds. The summed E-state index contributed by atoms with van der Waals surface area (Å²) in [7, 11) is 0. The predicted octanol–water partition coefficient (Wildman–Crippen LogP) is 1.58. The fraction of sp³-hybridized carbons (Fsp3) is 0. The summed E-state index contributed by atoms with van der Waals surface area (Å²) in [4.78, 5) is 23.1. The standard InChI is InChI=1S/C9H5FN2O3/c10-6-4-5-2-1-3-7(12(14)15)8(5)11-9(6)13/h1-4H,(H,11,13). The molecule has 0 saturated carbocycles. The summed E-state index contributed by atoms with van der Waals surface area (Å²) in [5, 5.41) is 10.9. The molecule has 0 saturated heterocycles. The number of nitrogens with zero attached hydrogens (tertiary/aromatic N) is 1. The number of aromatic nitrogens is 1. The van der Waals surface area contributed by atoms with Crippen LogP contribution in [-0.4, -0.2) is 9.91 Å². The van der Waals surface area contributed by atoms with Crippen molar-refractivity contribution in [2.24, 2.45) is 0 Å². The highest BCUT2D eigenvalue weighted by molar-refractivity contribution is 5.86. The van der Waals surface area contributed by atoms with Crippen LogP contribution in [0.5, 0.6) is 0 Å². The number of rotatable bonds is 1. The summed E-state index contributed by atoms with van der Waals surface area (Å²) >= 11 is 0. The molecule has 0 bridgehead atoms. The smallest absolute Gasteiger partial charge is 0.293 e. The van der Waals surface area contributed by atoms with Gasteiger partial charge >= 0.3 is 0 Å². The van der Waals surface area contributed by atoms with Gasteiger partial charge in [-0.25, -0.2) is 4.39 Å². The van der Waals surface area contributed by atoms with Crippen molar-refractivity contribution >= 4 is 16.6 Å². The van der Waals surface area contributed by atoms with Crippen molar-refractivity contribution in [3.8, 4) is 0 Å². The zero-order valence-corrected chi connectivity index (χ0v) is 7.36. The molecule has 0 fully saturated rings. The van der Waals surface area contributed by atoms with Gasteiger partial charge in [-0.15, -0.1) is 0 Å². The van der Waals surface area contributed by atoms with Crippen molar-refractivity contribution in [1.82, 2.24) is 4.98 Å². The first-order valence-corrected chi connectivity index (χ1v) is 4.05. The first-order valence-electron chi connectivity index (χ1n) is 4.05. The Morgan fingerprint density at radius 2 is 2.13 bits per heavy atom. The fourth-order valence-corrected chi connectivity index (χ4v) is 1.34. The number of fused-ring (bicyclic) bond motifs is 1. The lowest BCUT2D eigenvalue weighted by molar-refractivity contribution is -0.383. The SMILES string of the molecule is O=c1[nH]c2c([N+](=O)[O-])cccc2cc1F. The lowest BCUT2D eigenvalue weighted by Crippen LogP contribution is -2.10. The summed E-state index contributed by atoms with van der Waals surface area (Å²) in [6.07, 6.45) is 0. The molecule has 5 nitrogen and oxygen atoms in total. The maximum atomic E-state index is 12.9. The summed E-state index contributed by atoms with van der Waals surface area (Å²) in [6.45, 7) is 0. The van der Waals surface area contributed by atoms with E-state index in [4.69, 9.17) is 0 Å². The zero-order chi connectivity index (χ0) is 11.0. The Bertz CT molecular complexity index is 606. The molecule has 0 spiro atoms. The van der Waals surface area contributed by atoms with E-state index >= 15 is 0 Å². The van der Waals surface area contributed by atoms with Gasteiger partial charge in [-0.05, 0) is 6.07 Å². The number of pyridine rings is 1. The van der Waals surface area contributed by atoms with E-state index in [0.29, 0.717) is 5.39 Å². The van der Waals surface area contributed by atoms with Gasteiger partial charge in [0.15, 0.2) is 5.82 Å². The number of H-pyrrole nitrogens is 1. The average Bonchev–Trinajstić information content (AvgIpc) is 2.18. The van der Waals surface area contributed by atoms with Gasteiger partial charge in [0.2, 0.25) is 0 Å². The minimum atomic E-state index is -0.961. The van der Waals surface area contributed by atoms with Crippen molar-refractivity contribution in [3.05, 3.63) is 50.6 Å². The number of non-ortho nitro benzene ring substituents is 1. The highest BCUT2D eigenvalue weighted by Crippen LogP contribution is 2.21. The van der Waals surface area contributed by atoms with Crippen LogP contribution in [0.1, 0.15) is 0 Å². The van der Waals surface area contributed by atoms with Crippen LogP contribution in [0.25, 0.3) is 10.9 Å². The molecule has 1 aromatic heterocycles. The quantitative estimate of drug-likeness (QED) is 0.570. The minimum absolute atomic E-state index is 0.0360. The van der Waals surface area contributed by atoms with Crippen molar-refractivity contribution in [2.75, 3.05) is 0 Å². The lowest BCUT2D eigenvalue weighted by atomic mass is 10.2. The van der Waals surface area contributed by atoms with E-state index in [1.807, 2.05) is 0 Å². The second-order valence-corrected chi connectivity index (χ2v) is 2.94. The molecular formula is C9H5FN2O3. The number of hydrogen-bond donors (Lipinski definition) is 1. The maximum absolute atomic E-state index is 12.9. The summed E-state index contributed by atoms with van der Waals surface area (Å²) < 4.78 is 12.9. The molecule has 0 aliphatic rings. The van der Waals surface area contributed by atoms with Gasteiger partial charge < -0.3 is 4.98 Å². The van der Waals surface area contributed by atoms with Gasteiger partial charge in [-0.3, -0.25) is 14.9 Å². The van der Waals surface area contributed by atoms with Gasteiger partial charge in [0.25, 0.3) is 11.2 Å². The van der Waals surface area contributed by atoms with E-state index in [1.54, 1.807) is 0 Å². The molecule has 1 N–H and O–H groups in total. The van der Waals surface area contributed by atoms with Crippen molar-refractivity contribution in [3.63, 3.8) is 0 Å². The van der Waals surface area contributed by atoms with E-state index in [-0.39, 0.29) is 11.2 Å². The van der Waals surface area contributed by atoms with Gasteiger partial charge in [0.1, 0.15) is 5.52 Å². The number of halogens is 1. The number of benzene rings is 1. The van der Waals surface area contributed by atoms with Crippen LogP contribution < -0.4 is 5.56 Å². The van der Waals surface area contributed by atoms with Crippen LogP contribution in [0.15, 0.2) is 29.1 Å². The third-order valence-electron chi connectivity index (χ3n) is 2.01. The molecule has 15 heavy (non-hydrogen) atoms. The first-order chi connectivity index (χ1) is 7.09. The molecule has 0 unspecified atom stereocenters. The molecule has 0 atom stereocenters. The Morgan fingerprint density at radius 3 is 2.80 bits per heavy atom. The van der Waals surface area contributed by atoms with Crippen LogP contribution in [0.3, 0.4) is 0 Å². The van der Waals surface area contributed by atoms with Gasteiger partial charge in [0, 0.05) is 11.5 Å². The summed E-state index contributed by atoms with van der Waals surface area (Å²) in [6, 6.07) is 5.14. The number of nitrogens with one attached hydrogen (secondary N) is 1.